The molecule has 4 rings (SSSR count). The van der Waals surface area contributed by atoms with Crippen LogP contribution < -0.4 is 9.62 Å². The lowest BCUT2D eigenvalue weighted by Gasteiger charge is -2.28. The molecular formula is C20H19N3O3S. The fourth-order valence-corrected chi connectivity index (χ4v) is 4.86. The Bertz CT molecular complexity index is 1090. The van der Waals surface area contributed by atoms with Crippen LogP contribution in [0, 0.1) is 0 Å². The summed E-state index contributed by atoms with van der Waals surface area (Å²) in [6, 6.07) is 14.2. The fourth-order valence-electron chi connectivity index (χ4n) is 3.22. The quantitative estimate of drug-likeness (QED) is 0.754. The van der Waals surface area contributed by atoms with Crippen LogP contribution >= 0.6 is 0 Å². The Morgan fingerprint density at radius 1 is 1.00 bits per heavy atom. The van der Waals surface area contributed by atoms with Crippen molar-refractivity contribution in [3.8, 4) is 0 Å². The van der Waals surface area contributed by atoms with Gasteiger partial charge in [0.2, 0.25) is 10.0 Å². The van der Waals surface area contributed by atoms with Gasteiger partial charge in [0.05, 0.1) is 11.4 Å². The van der Waals surface area contributed by atoms with Crippen molar-refractivity contribution in [1.29, 1.82) is 0 Å². The molecule has 1 aromatic heterocycles. The first-order valence-corrected chi connectivity index (χ1v) is 10.4. The summed E-state index contributed by atoms with van der Waals surface area (Å²) in [6.45, 7) is 0.485. The fraction of sp³-hybridized carbons (Fsp3) is 0.200. The molecule has 0 spiro atoms. The molecule has 1 saturated heterocycles. The number of carbonyl (C=O) groups excluding carboxylic acids is 1. The molecule has 7 heteroatoms. The molecule has 27 heavy (non-hydrogen) atoms. The number of carbonyl (C=O) groups is 1. The van der Waals surface area contributed by atoms with E-state index in [0.717, 1.165) is 17.2 Å². The number of hydrogen-bond donors (Lipinski definition) is 1. The molecule has 138 valence electrons. The summed E-state index contributed by atoms with van der Waals surface area (Å²) in [5, 5.41) is 4.86. The highest BCUT2D eigenvalue weighted by molar-refractivity contribution is 7.92. The summed E-state index contributed by atoms with van der Waals surface area (Å²) in [5.41, 5.74) is 1.76. The molecule has 0 bridgehead atoms. The zero-order chi connectivity index (χ0) is 18.9. The number of aromatic nitrogens is 1. The highest BCUT2D eigenvalue weighted by Gasteiger charge is 2.25. The van der Waals surface area contributed by atoms with E-state index in [-0.39, 0.29) is 11.7 Å². The molecule has 0 radical (unpaired) electrons. The van der Waals surface area contributed by atoms with Crippen LogP contribution in [0.15, 0.2) is 60.9 Å². The Balaban J connectivity index is 1.52. The molecule has 2 aromatic carbocycles. The summed E-state index contributed by atoms with van der Waals surface area (Å²) >= 11 is 0. The average molecular weight is 381 g/mol. The molecule has 1 N–H and O–H groups in total. The van der Waals surface area contributed by atoms with Crippen LogP contribution in [0.5, 0.6) is 0 Å². The van der Waals surface area contributed by atoms with E-state index < -0.39 is 10.0 Å². The molecule has 2 heterocycles. The van der Waals surface area contributed by atoms with Crippen molar-refractivity contribution in [3.05, 3.63) is 66.5 Å². The maximum absolute atomic E-state index is 12.5. The van der Waals surface area contributed by atoms with Crippen LogP contribution in [0.4, 0.5) is 11.4 Å². The minimum atomic E-state index is -3.25. The van der Waals surface area contributed by atoms with E-state index in [0.29, 0.717) is 29.9 Å². The SMILES string of the molecule is O=C(Nc1ccc2ccncc2c1)c1ccc(N2CCCCS2(=O)=O)cc1. The lowest BCUT2D eigenvalue weighted by molar-refractivity contribution is 0.102. The van der Waals surface area contributed by atoms with Crippen molar-refractivity contribution in [2.24, 2.45) is 0 Å². The normalized spacial score (nSPS) is 16.2. The Morgan fingerprint density at radius 3 is 2.59 bits per heavy atom. The Hall–Kier alpha value is -2.93. The minimum Gasteiger partial charge on any atom is -0.322 e. The lowest BCUT2D eigenvalue weighted by Crippen LogP contribution is -2.37. The summed E-state index contributed by atoms with van der Waals surface area (Å²) in [4.78, 5) is 16.6. The molecule has 1 fully saturated rings. The molecule has 1 aliphatic rings. The Labute approximate surface area is 157 Å². The largest absolute Gasteiger partial charge is 0.322 e. The van der Waals surface area contributed by atoms with Gasteiger partial charge >= 0.3 is 0 Å². The first-order chi connectivity index (χ1) is 13.0. The van der Waals surface area contributed by atoms with Gasteiger partial charge in [0.1, 0.15) is 0 Å². The van der Waals surface area contributed by atoms with Gasteiger partial charge in [0.15, 0.2) is 0 Å². The highest BCUT2D eigenvalue weighted by Crippen LogP contribution is 2.24. The predicted octanol–water partition coefficient (Wildman–Crippen LogP) is 3.42. The summed E-state index contributed by atoms with van der Waals surface area (Å²) < 4.78 is 25.8. The van der Waals surface area contributed by atoms with Crippen molar-refractivity contribution >= 4 is 38.1 Å². The third-order valence-corrected chi connectivity index (χ3v) is 6.53. The molecule has 0 aliphatic carbocycles. The van der Waals surface area contributed by atoms with Crippen LogP contribution in [0.3, 0.4) is 0 Å². The number of fused-ring (bicyclic) bond motifs is 1. The monoisotopic (exact) mass is 381 g/mol. The number of nitrogens with zero attached hydrogens (tertiary/aromatic N) is 2. The third-order valence-electron chi connectivity index (χ3n) is 4.67. The second kappa shape index (κ2) is 7.00. The van der Waals surface area contributed by atoms with Crippen molar-refractivity contribution in [2.45, 2.75) is 12.8 Å². The van der Waals surface area contributed by atoms with Gasteiger partial charge in [0.25, 0.3) is 5.91 Å². The van der Waals surface area contributed by atoms with E-state index in [2.05, 4.69) is 10.3 Å². The van der Waals surface area contributed by atoms with Crippen LogP contribution in [-0.4, -0.2) is 31.6 Å². The Morgan fingerprint density at radius 2 is 1.81 bits per heavy atom. The number of benzene rings is 2. The second-order valence-corrected chi connectivity index (χ2v) is 8.55. The predicted molar refractivity (Wildman–Crippen MR) is 107 cm³/mol. The molecule has 6 nitrogen and oxygen atoms in total. The first kappa shape index (κ1) is 17.5. The minimum absolute atomic E-state index is 0.173. The molecular weight excluding hydrogens is 362 g/mol. The standard InChI is InChI=1S/C20H19N3O3S/c24-20(22-18-6-3-15-9-10-21-14-17(15)13-18)16-4-7-19(8-5-16)23-11-1-2-12-27(23,25)26/h3-10,13-14H,1-2,11-12H2,(H,22,24). The molecule has 0 saturated carbocycles. The maximum Gasteiger partial charge on any atom is 0.255 e. The maximum atomic E-state index is 12.5. The number of rotatable bonds is 3. The molecule has 0 atom stereocenters. The number of sulfonamides is 1. The van der Waals surface area contributed by atoms with Crippen molar-refractivity contribution < 1.29 is 13.2 Å². The first-order valence-electron chi connectivity index (χ1n) is 8.79. The van der Waals surface area contributed by atoms with Gasteiger partial charge in [-0.05, 0) is 60.7 Å². The van der Waals surface area contributed by atoms with Crippen molar-refractivity contribution in [1.82, 2.24) is 4.98 Å². The average Bonchev–Trinajstić information content (AvgIpc) is 2.68. The zero-order valence-corrected chi connectivity index (χ0v) is 15.4. The molecule has 0 unspecified atom stereocenters. The Kier molecular flexibility index (Phi) is 4.53. The number of nitrogens with one attached hydrogen (secondary N) is 1. The second-order valence-electron chi connectivity index (χ2n) is 6.53. The van der Waals surface area contributed by atoms with Gasteiger partial charge < -0.3 is 5.32 Å². The van der Waals surface area contributed by atoms with Gasteiger partial charge in [-0.1, -0.05) is 6.07 Å². The smallest absolute Gasteiger partial charge is 0.255 e. The van der Waals surface area contributed by atoms with Gasteiger partial charge in [-0.3, -0.25) is 14.1 Å². The van der Waals surface area contributed by atoms with E-state index in [1.165, 1.54) is 4.31 Å². The number of pyridine rings is 1. The van der Waals surface area contributed by atoms with E-state index in [1.54, 1.807) is 36.7 Å². The van der Waals surface area contributed by atoms with E-state index in [1.807, 2.05) is 24.3 Å². The molecule has 3 aromatic rings. The lowest BCUT2D eigenvalue weighted by atomic mass is 10.1. The number of anilines is 2. The van der Waals surface area contributed by atoms with Crippen LogP contribution in [-0.2, 0) is 10.0 Å². The number of amides is 1. The zero-order valence-electron chi connectivity index (χ0n) is 14.6. The van der Waals surface area contributed by atoms with Crippen LogP contribution in [0.25, 0.3) is 10.8 Å². The summed E-state index contributed by atoms with van der Waals surface area (Å²) in [7, 11) is -3.25. The van der Waals surface area contributed by atoms with Crippen molar-refractivity contribution in [3.63, 3.8) is 0 Å². The van der Waals surface area contributed by atoms with Crippen molar-refractivity contribution in [2.75, 3.05) is 21.9 Å². The third kappa shape index (κ3) is 3.64. The van der Waals surface area contributed by atoms with Gasteiger partial charge in [-0.2, -0.15) is 0 Å². The van der Waals surface area contributed by atoms with Gasteiger partial charge in [-0.15, -0.1) is 0 Å². The number of hydrogen-bond acceptors (Lipinski definition) is 4. The van der Waals surface area contributed by atoms with Gasteiger partial charge in [0, 0.05) is 35.6 Å². The molecule has 1 amide bonds. The summed E-state index contributed by atoms with van der Waals surface area (Å²) in [5.74, 6) is -0.0715. The van der Waals surface area contributed by atoms with E-state index in [9.17, 15) is 13.2 Å². The van der Waals surface area contributed by atoms with E-state index in [4.69, 9.17) is 0 Å². The summed E-state index contributed by atoms with van der Waals surface area (Å²) in [6.07, 6.45) is 5.02. The van der Waals surface area contributed by atoms with Gasteiger partial charge in [-0.25, -0.2) is 8.42 Å². The molecule has 1 aliphatic heterocycles. The topological polar surface area (TPSA) is 79.4 Å². The van der Waals surface area contributed by atoms with E-state index >= 15 is 0 Å². The van der Waals surface area contributed by atoms with Crippen LogP contribution in [0.2, 0.25) is 0 Å². The highest BCUT2D eigenvalue weighted by atomic mass is 32.2. The van der Waals surface area contributed by atoms with Crippen LogP contribution in [0.1, 0.15) is 23.2 Å².